The Morgan fingerprint density at radius 1 is 1.29 bits per heavy atom. The molecule has 3 rings (SSSR count). The predicted octanol–water partition coefficient (Wildman–Crippen LogP) is 3.23. The van der Waals surface area contributed by atoms with Crippen molar-refractivity contribution in [3.05, 3.63) is 40.9 Å². The van der Waals surface area contributed by atoms with Crippen molar-refractivity contribution in [2.45, 2.75) is 19.5 Å². The van der Waals surface area contributed by atoms with Gasteiger partial charge in [-0.3, -0.25) is 4.90 Å². The molecule has 1 aliphatic rings. The topological polar surface area (TPSA) is 38.3 Å². The molecule has 0 saturated carbocycles. The molecule has 0 unspecified atom stereocenters. The predicted molar refractivity (Wildman–Crippen MR) is 88.0 cm³/mol. The molecule has 0 bridgehead atoms. The van der Waals surface area contributed by atoms with E-state index in [1.54, 1.807) is 11.3 Å². The largest absolute Gasteiger partial charge is 0.469 e. The average Bonchev–Trinajstić information content (AvgIpc) is 2.96. The molecule has 1 fully saturated rings. The van der Waals surface area contributed by atoms with Crippen LogP contribution in [0.25, 0.3) is 0 Å². The van der Waals surface area contributed by atoms with Crippen LogP contribution in [0.15, 0.2) is 30.3 Å². The average molecular weight is 321 g/mol. The fraction of sp³-hybridized carbons (Fsp3) is 0.467. The highest BCUT2D eigenvalue weighted by Gasteiger charge is 2.25. The number of ether oxygens (including phenoxy) is 1. The van der Waals surface area contributed by atoms with Gasteiger partial charge in [0.1, 0.15) is 5.01 Å². The van der Waals surface area contributed by atoms with Gasteiger partial charge in [-0.2, -0.15) is 11.8 Å². The molecule has 0 N–H and O–H groups in total. The number of hydrogen-bond acceptors (Lipinski definition) is 6. The Hall–Kier alpha value is -1.11. The number of aromatic nitrogens is 2. The summed E-state index contributed by atoms with van der Waals surface area (Å²) in [5.41, 5.74) is 1.39. The quantitative estimate of drug-likeness (QED) is 0.845. The van der Waals surface area contributed by atoms with Crippen LogP contribution in [0.5, 0.6) is 5.19 Å². The molecule has 6 heteroatoms. The Morgan fingerprint density at radius 3 is 2.95 bits per heavy atom. The summed E-state index contributed by atoms with van der Waals surface area (Å²) in [6, 6.07) is 11.2. The van der Waals surface area contributed by atoms with E-state index < -0.39 is 0 Å². The summed E-state index contributed by atoms with van der Waals surface area (Å²) in [6.45, 7) is 4.55. The molecule has 4 nitrogen and oxygen atoms in total. The number of rotatable bonds is 5. The van der Waals surface area contributed by atoms with E-state index in [-0.39, 0.29) is 0 Å². The summed E-state index contributed by atoms with van der Waals surface area (Å²) in [5, 5.41) is 10.0. The van der Waals surface area contributed by atoms with Gasteiger partial charge in [-0.1, -0.05) is 41.7 Å². The maximum atomic E-state index is 5.41. The van der Waals surface area contributed by atoms with Gasteiger partial charge in [-0.15, -0.1) is 10.2 Å². The van der Waals surface area contributed by atoms with Gasteiger partial charge in [0.25, 0.3) is 5.19 Å². The number of thioether (sulfide) groups is 1. The van der Waals surface area contributed by atoms with Crippen LogP contribution in [-0.2, 0) is 6.54 Å². The summed E-state index contributed by atoms with van der Waals surface area (Å²) in [4.78, 5) is 2.50. The zero-order valence-corrected chi connectivity index (χ0v) is 13.7. The third-order valence-corrected chi connectivity index (χ3v) is 5.32. The minimum Gasteiger partial charge on any atom is -0.469 e. The van der Waals surface area contributed by atoms with Gasteiger partial charge < -0.3 is 4.74 Å². The standard InChI is InChI=1S/C15H19N3OS2/c1-2-19-15-17-16-14(21-15)10-18-8-9-20-11-13(18)12-6-4-3-5-7-12/h3-7,13H,2,8-11H2,1H3/t13-/m1/s1. The molecule has 1 atom stereocenters. The molecule has 2 aromatic rings. The normalized spacial score (nSPS) is 19.6. The lowest BCUT2D eigenvalue weighted by atomic mass is 10.1. The zero-order valence-electron chi connectivity index (χ0n) is 12.1. The van der Waals surface area contributed by atoms with Gasteiger partial charge in [-0.05, 0) is 12.5 Å². The first-order chi connectivity index (χ1) is 10.4. The molecule has 1 aliphatic heterocycles. The lowest BCUT2D eigenvalue weighted by Crippen LogP contribution is -2.35. The lowest BCUT2D eigenvalue weighted by Gasteiger charge is -2.35. The number of hydrogen-bond donors (Lipinski definition) is 0. The van der Waals surface area contributed by atoms with Gasteiger partial charge in [-0.25, -0.2) is 0 Å². The van der Waals surface area contributed by atoms with E-state index in [9.17, 15) is 0 Å². The second-order valence-corrected chi connectivity index (χ2v) is 7.04. The fourth-order valence-corrected chi connectivity index (χ4v) is 4.40. The van der Waals surface area contributed by atoms with Crippen molar-refractivity contribution in [1.82, 2.24) is 15.1 Å². The zero-order chi connectivity index (χ0) is 14.5. The van der Waals surface area contributed by atoms with Crippen molar-refractivity contribution in [1.29, 1.82) is 0 Å². The Balaban J connectivity index is 1.72. The SMILES string of the molecule is CCOc1nnc(CN2CCSC[C@@H]2c2ccccc2)s1. The minimum atomic E-state index is 0.462. The third kappa shape index (κ3) is 3.75. The molecule has 1 aromatic heterocycles. The summed E-state index contributed by atoms with van der Waals surface area (Å²) in [6.07, 6.45) is 0. The highest BCUT2D eigenvalue weighted by atomic mass is 32.2. The third-order valence-electron chi connectivity index (χ3n) is 3.48. The highest BCUT2D eigenvalue weighted by molar-refractivity contribution is 7.99. The first kappa shape index (κ1) is 14.8. The van der Waals surface area contributed by atoms with E-state index in [0.717, 1.165) is 23.8 Å². The first-order valence-corrected chi connectivity index (χ1v) is 9.16. The fourth-order valence-electron chi connectivity index (χ4n) is 2.47. The van der Waals surface area contributed by atoms with Crippen molar-refractivity contribution in [3.63, 3.8) is 0 Å². The van der Waals surface area contributed by atoms with Crippen LogP contribution in [0.3, 0.4) is 0 Å². The molecule has 21 heavy (non-hydrogen) atoms. The highest BCUT2D eigenvalue weighted by Crippen LogP contribution is 2.31. The molecule has 0 spiro atoms. The van der Waals surface area contributed by atoms with Crippen LogP contribution in [0.4, 0.5) is 0 Å². The summed E-state index contributed by atoms with van der Waals surface area (Å²) in [7, 11) is 0. The Bertz CT molecular complexity index is 561. The van der Waals surface area contributed by atoms with E-state index in [4.69, 9.17) is 4.74 Å². The van der Waals surface area contributed by atoms with E-state index in [1.165, 1.54) is 11.3 Å². The summed E-state index contributed by atoms with van der Waals surface area (Å²) in [5.74, 6) is 2.32. The number of benzene rings is 1. The van der Waals surface area contributed by atoms with Crippen LogP contribution in [0.1, 0.15) is 23.5 Å². The Labute approximate surface area is 133 Å². The molecule has 0 aliphatic carbocycles. The van der Waals surface area contributed by atoms with Crippen LogP contribution in [0.2, 0.25) is 0 Å². The second-order valence-electron chi connectivity index (χ2n) is 4.87. The second kappa shape index (κ2) is 7.24. The molecular weight excluding hydrogens is 302 g/mol. The van der Waals surface area contributed by atoms with Gasteiger partial charge in [0.2, 0.25) is 0 Å². The van der Waals surface area contributed by atoms with Crippen LogP contribution >= 0.6 is 23.1 Å². The molecule has 1 saturated heterocycles. The van der Waals surface area contributed by atoms with Gasteiger partial charge in [0.15, 0.2) is 0 Å². The van der Waals surface area contributed by atoms with E-state index in [2.05, 4.69) is 45.4 Å². The Kier molecular flexibility index (Phi) is 5.11. The van der Waals surface area contributed by atoms with Crippen molar-refractivity contribution >= 4 is 23.1 Å². The molecule has 2 heterocycles. The van der Waals surface area contributed by atoms with E-state index in [0.29, 0.717) is 17.8 Å². The van der Waals surface area contributed by atoms with Gasteiger partial charge >= 0.3 is 0 Å². The van der Waals surface area contributed by atoms with E-state index >= 15 is 0 Å². The smallest absolute Gasteiger partial charge is 0.294 e. The van der Waals surface area contributed by atoms with Gasteiger partial charge in [0, 0.05) is 24.1 Å². The van der Waals surface area contributed by atoms with Gasteiger partial charge in [0.05, 0.1) is 13.2 Å². The molecule has 112 valence electrons. The molecule has 0 radical (unpaired) electrons. The van der Waals surface area contributed by atoms with Crippen molar-refractivity contribution in [2.75, 3.05) is 24.7 Å². The van der Waals surface area contributed by atoms with Crippen LogP contribution < -0.4 is 4.74 Å². The summed E-state index contributed by atoms with van der Waals surface area (Å²) >= 11 is 3.58. The van der Waals surface area contributed by atoms with E-state index in [1.807, 2.05) is 18.7 Å². The first-order valence-electron chi connectivity index (χ1n) is 7.18. The molecular formula is C15H19N3OS2. The van der Waals surface area contributed by atoms with Crippen LogP contribution in [-0.4, -0.2) is 39.8 Å². The lowest BCUT2D eigenvalue weighted by molar-refractivity contribution is 0.211. The number of nitrogens with zero attached hydrogens (tertiary/aromatic N) is 3. The monoisotopic (exact) mass is 321 g/mol. The van der Waals surface area contributed by atoms with Crippen molar-refractivity contribution in [3.8, 4) is 5.19 Å². The van der Waals surface area contributed by atoms with Crippen LogP contribution in [0, 0.1) is 0 Å². The minimum absolute atomic E-state index is 0.462. The molecule has 0 amide bonds. The maximum absolute atomic E-state index is 5.41. The van der Waals surface area contributed by atoms with Crippen molar-refractivity contribution < 1.29 is 4.74 Å². The molecule has 1 aromatic carbocycles. The Morgan fingerprint density at radius 2 is 2.14 bits per heavy atom. The summed E-state index contributed by atoms with van der Waals surface area (Å²) < 4.78 is 5.41. The maximum Gasteiger partial charge on any atom is 0.294 e. The van der Waals surface area contributed by atoms with Crippen molar-refractivity contribution in [2.24, 2.45) is 0 Å².